The van der Waals surface area contributed by atoms with Crippen molar-refractivity contribution in [3.05, 3.63) is 24.8 Å². The highest BCUT2D eigenvalue weighted by atomic mass is 16.4. The Morgan fingerprint density at radius 3 is 2.18 bits per heavy atom. The Morgan fingerprint density at radius 2 is 1.82 bits per heavy atom. The summed E-state index contributed by atoms with van der Waals surface area (Å²) in [7, 11) is 0. The minimum Gasteiger partial charge on any atom is -0.411 e. The predicted molar refractivity (Wildman–Crippen MR) is 74.1 cm³/mol. The minimum absolute atomic E-state index is 0.132. The van der Waals surface area contributed by atoms with E-state index >= 15 is 0 Å². The summed E-state index contributed by atoms with van der Waals surface area (Å²) < 4.78 is 0. The fourth-order valence-corrected chi connectivity index (χ4v) is 1.28. The summed E-state index contributed by atoms with van der Waals surface area (Å²) >= 11 is 0. The van der Waals surface area contributed by atoms with Crippen LogP contribution in [0.2, 0.25) is 0 Å². The van der Waals surface area contributed by atoms with Crippen molar-refractivity contribution in [3.63, 3.8) is 0 Å². The van der Waals surface area contributed by atoms with Crippen LogP contribution in [0.25, 0.3) is 0 Å². The normalized spacial score (nSPS) is 14.1. The molecule has 0 fully saturated rings. The van der Waals surface area contributed by atoms with E-state index in [1.807, 2.05) is 46.8 Å². The van der Waals surface area contributed by atoms with Crippen LogP contribution in [0.1, 0.15) is 41.0 Å². The van der Waals surface area contributed by atoms with E-state index < -0.39 is 0 Å². The molecule has 0 aromatic carbocycles. The van der Waals surface area contributed by atoms with Crippen LogP contribution in [-0.2, 0) is 0 Å². The molecule has 96 valence electrons. The fraction of sp³-hybridized carbons (Fsp3) is 0.571. The van der Waals surface area contributed by atoms with E-state index in [9.17, 15) is 0 Å². The SMILES string of the molecule is C=C/C(=N\O)C(C)(C)C/C=C/C(=N)C(C)(C)C. The molecule has 0 atom stereocenters. The van der Waals surface area contributed by atoms with Crippen molar-refractivity contribution in [2.75, 3.05) is 0 Å². The van der Waals surface area contributed by atoms with E-state index in [4.69, 9.17) is 10.6 Å². The largest absolute Gasteiger partial charge is 0.411 e. The van der Waals surface area contributed by atoms with Crippen LogP contribution in [-0.4, -0.2) is 16.6 Å². The number of oxime groups is 1. The second kappa shape index (κ2) is 5.80. The second-order valence-corrected chi connectivity index (χ2v) is 5.84. The van der Waals surface area contributed by atoms with Crippen LogP contribution in [0, 0.1) is 16.2 Å². The van der Waals surface area contributed by atoms with Gasteiger partial charge in [-0.15, -0.1) is 0 Å². The van der Waals surface area contributed by atoms with Crippen molar-refractivity contribution < 1.29 is 5.21 Å². The number of allylic oxidation sites excluding steroid dienone is 3. The summed E-state index contributed by atoms with van der Waals surface area (Å²) in [6.45, 7) is 13.6. The van der Waals surface area contributed by atoms with Crippen molar-refractivity contribution in [3.8, 4) is 0 Å². The van der Waals surface area contributed by atoms with E-state index in [2.05, 4.69) is 11.7 Å². The lowest BCUT2D eigenvalue weighted by Crippen LogP contribution is -2.22. The van der Waals surface area contributed by atoms with E-state index in [-0.39, 0.29) is 10.8 Å². The molecule has 0 heterocycles. The first-order chi connectivity index (χ1) is 7.65. The van der Waals surface area contributed by atoms with Gasteiger partial charge in [0.2, 0.25) is 0 Å². The van der Waals surface area contributed by atoms with E-state index in [0.29, 0.717) is 17.8 Å². The average molecular weight is 236 g/mol. The molecule has 0 saturated heterocycles. The highest BCUT2D eigenvalue weighted by Gasteiger charge is 2.22. The molecule has 17 heavy (non-hydrogen) atoms. The Kier molecular flexibility index (Phi) is 5.33. The summed E-state index contributed by atoms with van der Waals surface area (Å²) in [6, 6.07) is 0. The zero-order valence-electron chi connectivity index (χ0n) is 11.5. The molecule has 0 bridgehead atoms. The maximum absolute atomic E-state index is 8.85. The Labute approximate surface area is 104 Å². The standard InChI is InChI=1S/C14H24N2O/c1-7-12(16-17)14(5,6)10-8-9-11(15)13(2,3)4/h7-9,15,17H,1,10H2,2-6H3/b9-8+,15-11?,16-12+. The van der Waals surface area contributed by atoms with E-state index in [0.717, 1.165) is 0 Å². The van der Waals surface area contributed by atoms with Crippen molar-refractivity contribution in [1.29, 1.82) is 5.41 Å². The summed E-state index contributed by atoms with van der Waals surface area (Å²) in [5.41, 5.74) is 0.747. The van der Waals surface area contributed by atoms with E-state index in [1.165, 1.54) is 0 Å². The van der Waals surface area contributed by atoms with Crippen molar-refractivity contribution in [2.45, 2.75) is 41.0 Å². The number of nitrogens with one attached hydrogen (secondary N) is 1. The minimum atomic E-state index is -0.273. The first-order valence-corrected chi connectivity index (χ1v) is 5.75. The van der Waals surface area contributed by atoms with Crippen LogP contribution in [0.4, 0.5) is 0 Å². The van der Waals surface area contributed by atoms with Gasteiger partial charge in [-0.2, -0.15) is 0 Å². The topological polar surface area (TPSA) is 56.4 Å². The Morgan fingerprint density at radius 1 is 1.29 bits per heavy atom. The van der Waals surface area contributed by atoms with Crippen molar-refractivity contribution in [1.82, 2.24) is 0 Å². The van der Waals surface area contributed by atoms with Crippen LogP contribution in [0.5, 0.6) is 0 Å². The third-order valence-corrected chi connectivity index (χ3v) is 2.72. The smallest absolute Gasteiger partial charge is 0.0848 e. The van der Waals surface area contributed by atoms with Gasteiger partial charge in [0.25, 0.3) is 0 Å². The number of rotatable bonds is 5. The predicted octanol–water partition coefficient (Wildman–Crippen LogP) is 4.04. The van der Waals surface area contributed by atoms with E-state index in [1.54, 1.807) is 6.08 Å². The van der Waals surface area contributed by atoms with Crippen LogP contribution in [0.3, 0.4) is 0 Å². The molecule has 0 aliphatic rings. The van der Waals surface area contributed by atoms with Gasteiger partial charge in [-0.1, -0.05) is 52.4 Å². The van der Waals surface area contributed by atoms with Gasteiger partial charge in [-0.05, 0) is 18.6 Å². The molecule has 0 rings (SSSR count). The zero-order valence-corrected chi connectivity index (χ0v) is 11.5. The molecule has 0 aliphatic carbocycles. The van der Waals surface area contributed by atoms with Crippen molar-refractivity contribution in [2.24, 2.45) is 16.0 Å². The van der Waals surface area contributed by atoms with Gasteiger partial charge in [-0.25, -0.2) is 0 Å². The lowest BCUT2D eigenvalue weighted by molar-refractivity contribution is 0.310. The van der Waals surface area contributed by atoms with Gasteiger partial charge in [0.15, 0.2) is 0 Å². The molecular formula is C14H24N2O. The van der Waals surface area contributed by atoms with Gasteiger partial charge < -0.3 is 10.6 Å². The molecule has 0 aliphatic heterocycles. The summed E-state index contributed by atoms with van der Waals surface area (Å²) in [4.78, 5) is 0. The monoisotopic (exact) mass is 236 g/mol. The molecule has 2 N–H and O–H groups in total. The first-order valence-electron chi connectivity index (χ1n) is 5.75. The maximum atomic E-state index is 8.85. The van der Waals surface area contributed by atoms with Gasteiger partial charge in [0, 0.05) is 16.5 Å². The molecular weight excluding hydrogens is 212 g/mol. The molecule has 0 aromatic rings. The Balaban J connectivity index is 4.63. The molecule has 0 aromatic heterocycles. The number of hydrogen-bond acceptors (Lipinski definition) is 3. The molecule has 0 amide bonds. The van der Waals surface area contributed by atoms with Gasteiger partial charge in [0.05, 0.1) is 5.71 Å². The highest BCUT2D eigenvalue weighted by Crippen LogP contribution is 2.24. The third-order valence-electron chi connectivity index (χ3n) is 2.72. The quantitative estimate of drug-likeness (QED) is 0.422. The molecule has 3 nitrogen and oxygen atoms in total. The molecule has 0 spiro atoms. The van der Waals surface area contributed by atoms with Crippen LogP contribution >= 0.6 is 0 Å². The number of nitrogens with zero attached hydrogens (tertiary/aromatic N) is 1. The van der Waals surface area contributed by atoms with Gasteiger partial charge >= 0.3 is 0 Å². The Hall–Kier alpha value is -1.38. The summed E-state index contributed by atoms with van der Waals surface area (Å²) in [5.74, 6) is 0. The van der Waals surface area contributed by atoms with Crippen LogP contribution < -0.4 is 0 Å². The molecule has 0 unspecified atom stereocenters. The molecule has 3 heteroatoms. The summed E-state index contributed by atoms with van der Waals surface area (Å²) in [5, 5.41) is 19.9. The Bertz CT molecular complexity index is 344. The highest BCUT2D eigenvalue weighted by molar-refractivity contribution is 5.99. The zero-order chi connectivity index (χ0) is 13.7. The van der Waals surface area contributed by atoms with Gasteiger partial charge in [-0.3, -0.25) is 0 Å². The lowest BCUT2D eigenvalue weighted by Gasteiger charge is -2.22. The summed E-state index contributed by atoms with van der Waals surface area (Å²) in [6.07, 6.45) is 6.03. The first kappa shape index (κ1) is 15.6. The molecule has 0 saturated carbocycles. The van der Waals surface area contributed by atoms with Crippen molar-refractivity contribution >= 4 is 11.4 Å². The fourth-order valence-electron chi connectivity index (χ4n) is 1.28. The van der Waals surface area contributed by atoms with Crippen LogP contribution in [0.15, 0.2) is 30.0 Å². The third kappa shape index (κ3) is 4.98. The second-order valence-electron chi connectivity index (χ2n) is 5.84. The maximum Gasteiger partial charge on any atom is 0.0848 e. The average Bonchev–Trinajstić information content (AvgIpc) is 2.17. The number of hydrogen-bond donors (Lipinski definition) is 2. The van der Waals surface area contributed by atoms with Gasteiger partial charge in [0.1, 0.15) is 0 Å². The lowest BCUT2D eigenvalue weighted by atomic mass is 9.83. The molecule has 0 radical (unpaired) electrons.